The van der Waals surface area contributed by atoms with Gasteiger partial charge in [-0.05, 0) is 43.4 Å². The van der Waals surface area contributed by atoms with Crippen LogP contribution in [0.5, 0.6) is 0 Å². The largest absolute Gasteiger partial charge is 0.472 e. The lowest BCUT2D eigenvalue weighted by Crippen LogP contribution is -2.30. The molecule has 0 aromatic carbocycles. The van der Waals surface area contributed by atoms with Crippen LogP contribution in [0, 0.1) is 17.8 Å². The Morgan fingerprint density at radius 1 is 0.314 bits per heavy atom. The smallest absolute Gasteiger partial charge is 0.462 e. The van der Waals surface area contributed by atoms with Gasteiger partial charge >= 0.3 is 39.5 Å². The maximum Gasteiger partial charge on any atom is 0.472 e. The van der Waals surface area contributed by atoms with Crippen LogP contribution in [0.25, 0.3) is 0 Å². The van der Waals surface area contributed by atoms with E-state index in [0.717, 1.165) is 108 Å². The highest BCUT2D eigenvalue weighted by atomic mass is 31.2. The second-order valence-corrected chi connectivity index (χ2v) is 28.5. The van der Waals surface area contributed by atoms with Crippen LogP contribution in [0.2, 0.25) is 0 Å². The van der Waals surface area contributed by atoms with Crippen molar-refractivity contribution in [3.8, 4) is 0 Å². The molecule has 0 rings (SSSR count). The first-order valence-corrected chi connectivity index (χ1v) is 37.8. The fraction of sp³-hybridized carbons (Fsp3) is 0.940. The fourth-order valence-corrected chi connectivity index (χ4v) is 11.6. The van der Waals surface area contributed by atoms with Crippen LogP contribution in [-0.2, 0) is 65.4 Å². The van der Waals surface area contributed by atoms with E-state index in [2.05, 4.69) is 48.5 Å². The summed E-state index contributed by atoms with van der Waals surface area (Å²) in [6, 6.07) is 0. The van der Waals surface area contributed by atoms with Crippen molar-refractivity contribution in [2.24, 2.45) is 17.8 Å². The predicted octanol–water partition coefficient (Wildman–Crippen LogP) is 18.7. The first-order valence-electron chi connectivity index (χ1n) is 34.8. The highest BCUT2D eigenvalue weighted by molar-refractivity contribution is 7.47. The summed E-state index contributed by atoms with van der Waals surface area (Å²) < 4.78 is 68.1. The number of carbonyl (C=O) groups excluding carboxylic acids is 4. The Kier molecular flexibility index (Phi) is 56.9. The molecule has 5 atom stereocenters. The molecule has 0 fully saturated rings. The van der Waals surface area contributed by atoms with Crippen molar-refractivity contribution >= 4 is 39.5 Å². The lowest BCUT2D eigenvalue weighted by Gasteiger charge is -2.21. The molecule has 0 spiro atoms. The Morgan fingerprint density at radius 3 is 0.791 bits per heavy atom. The molecular weight excluding hydrogens is 1140 g/mol. The second-order valence-electron chi connectivity index (χ2n) is 25.6. The normalized spacial score (nSPS) is 14.3. The number of ether oxygens (including phenoxy) is 4. The Balaban J connectivity index is 5.26. The van der Waals surface area contributed by atoms with E-state index >= 15 is 0 Å². The number of aliphatic hydroxyl groups is 1. The molecule has 510 valence electrons. The fourth-order valence-electron chi connectivity index (χ4n) is 10.0. The SMILES string of the molecule is CCCCCCCCCCCCCCCC(=O)O[C@H](COC(=O)CCCCCCCCCCC(C)C)COP(=O)(O)OC[C@@H](O)COP(=O)(O)OC[C@@H](COC(=O)CCCCCCCCCCC(C)C)OC(=O)CCCCCCCCCCC(C)C. The van der Waals surface area contributed by atoms with Gasteiger partial charge < -0.3 is 33.8 Å². The number of rotatable bonds is 65. The van der Waals surface area contributed by atoms with Crippen LogP contribution in [0.3, 0.4) is 0 Å². The Labute approximate surface area is 524 Å². The standard InChI is InChI=1S/C67H130O17P2/c1-8-9-10-11-12-13-14-15-16-17-29-36-43-50-66(71)83-62(54-77-64(69)48-41-34-27-21-18-24-31-38-45-58(2)3)56-81-85(73,74)79-52-61(68)53-80-86(75,76)82-57-63(84-67(72)51-44-37-30-23-20-26-33-40-47-60(6)7)55-78-65(70)49-42-35-28-22-19-25-32-39-46-59(4)5/h58-63,68H,8-57H2,1-7H3,(H,73,74)(H,75,76)/t61-,62-,63-/m1/s1. The van der Waals surface area contributed by atoms with Gasteiger partial charge in [0.2, 0.25) is 0 Å². The third-order valence-electron chi connectivity index (χ3n) is 15.4. The van der Waals surface area contributed by atoms with E-state index in [4.69, 9.17) is 37.0 Å². The monoisotopic (exact) mass is 1270 g/mol. The summed E-state index contributed by atoms with van der Waals surface area (Å²) in [6.07, 6.45) is 40.4. The van der Waals surface area contributed by atoms with Gasteiger partial charge in [0.15, 0.2) is 12.2 Å². The molecule has 0 aliphatic carbocycles. The van der Waals surface area contributed by atoms with Crippen LogP contribution >= 0.6 is 15.6 Å². The number of esters is 4. The molecule has 0 aliphatic rings. The van der Waals surface area contributed by atoms with Crippen LogP contribution in [0.4, 0.5) is 0 Å². The average molecular weight is 1270 g/mol. The maximum atomic E-state index is 13.0. The molecule has 0 heterocycles. The van der Waals surface area contributed by atoms with Crippen molar-refractivity contribution in [1.82, 2.24) is 0 Å². The summed E-state index contributed by atoms with van der Waals surface area (Å²) >= 11 is 0. The quantitative estimate of drug-likeness (QED) is 0.0222. The maximum absolute atomic E-state index is 13.0. The molecule has 0 bridgehead atoms. The molecule has 0 saturated heterocycles. The Bertz CT molecular complexity index is 1700. The highest BCUT2D eigenvalue weighted by Crippen LogP contribution is 2.45. The number of hydrogen-bond donors (Lipinski definition) is 3. The van der Waals surface area contributed by atoms with Crippen molar-refractivity contribution in [2.75, 3.05) is 39.6 Å². The number of aliphatic hydroxyl groups excluding tert-OH is 1. The molecule has 0 aromatic rings. The minimum atomic E-state index is -4.95. The van der Waals surface area contributed by atoms with Gasteiger partial charge in [0.05, 0.1) is 26.4 Å². The summed E-state index contributed by atoms with van der Waals surface area (Å²) in [5, 5.41) is 10.6. The summed E-state index contributed by atoms with van der Waals surface area (Å²) in [5.41, 5.74) is 0. The van der Waals surface area contributed by atoms with E-state index in [9.17, 15) is 43.2 Å². The van der Waals surface area contributed by atoms with E-state index in [1.54, 1.807) is 0 Å². The molecule has 0 saturated carbocycles. The van der Waals surface area contributed by atoms with Crippen molar-refractivity contribution in [3.63, 3.8) is 0 Å². The number of unbranched alkanes of at least 4 members (excludes halogenated alkanes) is 33. The van der Waals surface area contributed by atoms with Gasteiger partial charge in [-0.25, -0.2) is 9.13 Å². The molecule has 17 nitrogen and oxygen atoms in total. The van der Waals surface area contributed by atoms with Gasteiger partial charge in [0, 0.05) is 25.7 Å². The summed E-state index contributed by atoms with van der Waals surface area (Å²) in [6.45, 7) is 11.7. The van der Waals surface area contributed by atoms with Crippen LogP contribution in [0.15, 0.2) is 0 Å². The number of hydrogen-bond acceptors (Lipinski definition) is 15. The van der Waals surface area contributed by atoms with Gasteiger partial charge in [-0.1, -0.05) is 280 Å². The molecule has 0 radical (unpaired) electrons. The van der Waals surface area contributed by atoms with Gasteiger partial charge in [-0.2, -0.15) is 0 Å². The summed E-state index contributed by atoms with van der Waals surface area (Å²) in [7, 11) is -9.89. The number of phosphoric acid groups is 2. The Morgan fingerprint density at radius 2 is 0.535 bits per heavy atom. The van der Waals surface area contributed by atoms with E-state index < -0.39 is 97.5 Å². The molecule has 0 aliphatic heterocycles. The first-order chi connectivity index (χ1) is 41.2. The molecule has 19 heteroatoms. The van der Waals surface area contributed by atoms with Gasteiger partial charge in [-0.3, -0.25) is 37.3 Å². The third kappa shape index (κ3) is 60.9. The lowest BCUT2D eigenvalue weighted by atomic mass is 10.0. The van der Waals surface area contributed by atoms with Crippen molar-refractivity contribution < 1.29 is 80.2 Å². The summed E-state index contributed by atoms with van der Waals surface area (Å²) in [5.74, 6) is 0.0390. The third-order valence-corrected chi connectivity index (χ3v) is 17.3. The van der Waals surface area contributed by atoms with Crippen LogP contribution in [0.1, 0.15) is 331 Å². The highest BCUT2D eigenvalue weighted by Gasteiger charge is 2.30. The van der Waals surface area contributed by atoms with E-state index in [1.807, 2.05) is 0 Å². The van der Waals surface area contributed by atoms with Gasteiger partial charge in [0.25, 0.3) is 0 Å². The van der Waals surface area contributed by atoms with Crippen molar-refractivity contribution in [3.05, 3.63) is 0 Å². The molecule has 0 aromatic heterocycles. The topological polar surface area (TPSA) is 237 Å². The van der Waals surface area contributed by atoms with E-state index in [1.165, 1.54) is 141 Å². The van der Waals surface area contributed by atoms with Crippen LogP contribution in [-0.4, -0.2) is 96.7 Å². The summed E-state index contributed by atoms with van der Waals surface area (Å²) in [4.78, 5) is 72.4. The zero-order valence-corrected chi connectivity index (χ0v) is 57.6. The Hall–Kier alpha value is -1.94. The van der Waals surface area contributed by atoms with Gasteiger partial charge in [-0.15, -0.1) is 0 Å². The molecule has 2 unspecified atom stereocenters. The van der Waals surface area contributed by atoms with E-state index in [0.29, 0.717) is 25.7 Å². The minimum Gasteiger partial charge on any atom is -0.462 e. The number of phosphoric ester groups is 2. The minimum absolute atomic E-state index is 0.104. The molecule has 3 N–H and O–H groups in total. The first kappa shape index (κ1) is 84.1. The van der Waals surface area contributed by atoms with Crippen LogP contribution < -0.4 is 0 Å². The molecule has 0 amide bonds. The van der Waals surface area contributed by atoms with Crippen molar-refractivity contribution in [1.29, 1.82) is 0 Å². The second kappa shape index (κ2) is 58.2. The van der Waals surface area contributed by atoms with E-state index in [-0.39, 0.29) is 25.7 Å². The molecule has 86 heavy (non-hydrogen) atoms. The van der Waals surface area contributed by atoms with Crippen molar-refractivity contribution in [2.45, 2.75) is 349 Å². The molecular formula is C67H130O17P2. The van der Waals surface area contributed by atoms with Gasteiger partial charge in [0.1, 0.15) is 19.3 Å². The number of carbonyl (C=O) groups is 4. The lowest BCUT2D eigenvalue weighted by molar-refractivity contribution is -0.161. The zero-order chi connectivity index (χ0) is 63.8. The zero-order valence-electron chi connectivity index (χ0n) is 55.8. The predicted molar refractivity (Wildman–Crippen MR) is 344 cm³/mol. The average Bonchev–Trinajstić information content (AvgIpc) is 3.57.